The Labute approximate surface area is 371 Å². The molecular formula is C57H52ClFN2O. The van der Waals surface area contributed by atoms with Crippen molar-refractivity contribution in [2.75, 3.05) is 12.0 Å². The maximum atomic E-state index is 15.3. The van der Waals surface area contributed by atoms with Crippen molar-refractivity contribution >= 4 is 45.0 Å². The number of benzene rings is 7. The molecule has 3 nitrogen and oxygen atoms in total. The Kier molecular flexibility index (Phi) is 15.7. The van der Waals surface area contributed by atoms with Gasteiger partial charge in [-0.25, -0.2) is 4.39 Å². The lowest BCUT2D eigenvalue weighted by Crippen LogP contribution is -1.96. The molecule has 0 aliphatic carbocycles. The molecule has 62 heavy (non-hydrogen) atoms. The molecule has 0 heterocycles. The first kappa shape index (κ1) is 43.5. The number of hydrogen-bond donors (Lipinski definition) is 1. The van der Waals surface area contributed by atoms with E-state index in [1.165, 1.54) is 5.56 Å². The molecule has 5 heteroatoms. The average Bonchev–Trinajstić information content (AvgIpc) is 3.30. The molecule has 0 fully saturated rings. The second-order valence-corrected chi connectivity index (χ2v) is 15.8. The lowest BCUT2D eigenvalue weighted by molar-refractivity contribution is 0.240. The minimum atomic E-state index is -0.206. The number of fused-ring (bicyclic) bond motifs is 2. The summed E-state index contributed by atoms with van der Waals surface area (Å²) in [5.74, 6) is 12.5. The Hall–Kier alpha value is -6.59. The van der Waals surface area contributed by atoms with E-state index < -0.39 is 0 Å². The third-order valence-electron chi connectivity index (χ3n) is 11.1. The molecule has 0 unspecified atom stereocenters. The quantitative estimate of drug-likeness (QED) is 0.0326. The van der Waals surface area contributed by atoms with Crippen LogP contribution in [-0.4, -0.2) is 12.8 Å². The maximum Gasteiger partial charge on any atom is 0.131 e. The van der Waals surface area contributed by atoms with E-state index in [9.17, 15) is 0 Å². The van der Waals surface area contributed by atoms with Crippen molar-refractivity contribution < 1.29 is 9.13 Å². The van der Waals surface area contributed by atoms with Crippen molar-refractivity contribution in [1.29, 1.82) is 0 Å². The SMILES string of the molecule is CC#CCCCCc1ccc(-c2ccc3c(Cl)c(C#Cc4ccc(-c5ccc(CCCCCCO/C=C/C)cc5F)cc4)ccc3c2/C=N/Nc2cccc3ccccc23)cc1. The molecule has 0 atom stereocenters. The van der Waals surface area contributed by atoms with Crippen molar-refractivity contribution in [3.05, 3.63) is 184 Å². The van der Waals surface area contributed by atoms with E-state index in [0.717, 1.165) is 131 Å². The smallest absolute Gasteiger partial charge is 0.131 e. The summed E-state index contributed by atoms with van der Waals surface area (Å²) in [4.78, 5) is 0. The molecule has 1 N–H and O–H groups in total. The Balaban J connectivity index is 1.09. The third-order valence-corrected chi connectivity index (χ3v) is 11.5. The fourth-order valence-corrected chi connectivity index (χ4v) is 8.02. The van der Waals surface area contributed by atoms with Crippen LogP contribution in [0, 0.1) is 29.5 Å². The standard InChI is InChI=1S/C57H52ClFN2O/c1-3-5-6-7-10-16-42-22-28-46(29-23-42)49-36-37-53-52(54(49)41-60-61-56-21-15-19-45-18-12-13-20-51(45)56)35-33-48(57(53)58)32-26-43-24-30-47(31-25-43)50-34-27-44(40-55(50)59)17-11-8-9-14-39-62-38-4-2/h4,12-13,15,18-25,27-31,33-38,40-41,61H,6-11,14,16-17,39H2,1-2H3/b38-4+,60-41+. The fourth-order valence-electron chi connectivity index (χ4n) is 7.74. The van der Waals surface area contributed by atoms with Gasteiger partial charge in [-0.3, -0.25) is 5.43 Å². The molecule has 310 valence electrons. The van der Waals surface area contributed by atoms with Gasteiger partial charge in [-0.05, 0) is 121 Å². The summed E-state index contributed by atoms with van der Waals surface area (Å²) in [7, 11) is 0. The van der Waals surface area contributed by atoms with Gasteiger partial charge < -0.3 is 4.74 Å². The van der Waals surface area contributed by atoms with Gasteiger partial charge in [-0.1, -0.05) is 145 Å². The van der Waals surface area contributed by atoms with Crippen molar-refractivity contribution in [2.45, 2.75) is 71.6 Å². The van der Waals surface area contributed by atoms with Crippen molar-refractivity contribution in [3.8, 4) is 45.9 Å². The number of anilines is 1. The van der Waals surface area contributed by atoms with Gasteiger partial charge in [0.1, 0.15) is 5.82 Å². The molecule has 7 aromatic rings. The van der Waals surface area contributed by atoms with Crippen LogP contribution < -0.4 is 5.43 Å². The Morgan fingerprint density at radius 1 is 0.677 bits per heavy atom. The summed E-state index contributed by atoms with van der Waals surface area (Å²) >= 11 is 7.16. The van der Waals surface area contributed by atoms with Crippen LogP contribution >= 0.6 is 11.6 Å². The van der Waals surface area contributed by atoms with Crippen LogP contribution in [0.5, 0.6) is 0 Å². The minimum absolute atomic E-state index is 0.206. The number of hydrogen-bond acceptors (Lipinski definition) is 3. The number of nitrogens with zero attached hydrogens (tertiary/aromatic N) is 1. The van der Waals surface area contributed by atoms with Crippen molar-refractivity contribution in [2.24, 2.45) is 5.10 Å². The van der Waals surface area contributed by atoms with Gasteiger partial charge in [0, 0.05) is 39.4 Å². The van der Waals surface area contributed by atoms with Crippen LogP contribution in [0.25, 0.3) is 43.8 Å². The Morgan fingerprint density at radius 2 is 1.39 bits per heavy atom. The summed E-state index contributed by atoms with van der Waals surface area (Å²) < 4.78 is 20.7. The van der Waals surface area contributed by atoms with Crippen LogP contribution in [0.15, 0.2) is 151 Å². The highest BCUT2D eigenvalue weighted by atomic mass is 35.5. The summed E-state index contributed by atoms with van der Waals surface area (Å²) in [5.41, 5.74) is 12.6. The maximum absolute atomic E-state index is 15.3. The highest BCUT2D eigenvalue weighted by molar-refractivity contribution is 6.37. The normalized spacial score (nSPS) is 11.2. The zero-order chi connectivity index (χ0) is 42.9. The molecule has 0 aliphatic heterocycles. The molecule has 0 aliphatic rings. The number of nitrogens with one attached hydrogen (secondary N) is 1. The number of hydrazone groups is 1. The van der Waals surface area contributed by atoms with Crippen LogP contribution in [-0.2, 0) is 17.6 Å². The molecule has 7 rings (SSSR count). The van der Waals surface area contributed by atoms with Gasteiger partial charge in [-0.2, -0.15) is 5.10 Å². The van der Waals surface area contributed by atoms with E-state index in [-0.39, 0.29) is 5.82 Å². The summed E-state index contributed by atoms with van der Waals surface area (Å²) in [6.07, 6.45) is 14.8. The number of unbranched alkanes of at least 4 members (excludes halogenated alkanes) is 5. The third kappa shape index (κ3) is 11.4. The predicted molar refractivity (Wildman–Crippen MR) is 261 cm³/mol. The monoisotopic (exact) mass is 834 g/mol. The topological polar surface area (TPSA) is 33.6 Å². The van der Waals surface area contributed by atoms with Gasteiger partial charge in [-0.15, -0.1) is 11.8 Å². The van der Waals surface area contributed by atoms with Gasteiger partial charge in [0.15, 0.2) is 0 Å². The van der Waals surface area contributed by atoms with E-state index in [1.54, 1.807) is 12.3 Å². The van der Waals surface area contributed by atoms with E-state index in [4.69, 9.17) is 21.4 Å². The summed E-state index contributed by atoms with van der Waals surface area (Å²) in [5, 5.41) is 9.49. The van der Waals surface area contributed by atoms with E-state index >= 15 is 4.39 Å². The van der Waals surface area contributed by atoms with Crippen molar-refractivity contribution in [1.82, 2.24) is 0 Å². The number of allylic oxidation sites excluding steroid dienone is 1. The number of halogens is 2. The fraction of sp³-hybridized carbons (Fsp3) is 0.211. The lowest BCUT2D eigenvalue weighted by atomic mass is 9.93. The minimum Gasteiger partial charge on any atom is -0.502 e. The van der Waals surface area contributed by atoms with Crippen LogP contribution in [0.1, 0.15) is 86.6 Å². The molecule has 0 radical (unpaired) electrons. The average molecular weight is 836 g/mol. The molecule has 0 saturated heterocycles. The number of rotatable bonds is 17. The summed E-state index contributed by atoms with van der Waals surface area (Å²) in [6.45, 7) is 4.58. The Bertz CT molecular complexity index is 2800. The molecule has 0 aromatic heterocycles. The molecular weight excluding hydrogens is 783 g/mol. The van der Waals surface area contributed by atoms with E-state index in [1.807, 2.05) is 92.9 Å². The molecule has 0 amide bonds. The second kappa shape index (κ2) is 22.3. The zero-order valence-corrected chi connectivity index (χ0v) is 36.4. The molecule has 0 saturated carbocycles. The van der Waals surface area contributed by atoms with Crippen LogP contribution in [0.4, 0.5) is 10.1 Å². The van der Waals surface area contributed by atoms with Crippen LogP contribution in [0.2, 0.25) is 5.02 Å². The van der Waals surface area contributed by atoms with Gasteiger partial charge >= 0.3 is 0 Å². The highest BCUT2D eigenvalue weighted by Gasteiger charge is 2.13. The first-order chi connectivity index (χ1) is 30.5. The Morgan fingerprint density at radius 3 is 2.21 bits per heavy atom. The largest absolute Gasteiger partial charge is 0.502 e. The predicted octanol–water partition coefficient (Wildman–Crippen LogP) is 15.4. The van der Waals surface area contributed by atoms with Gasteiger partial charge in [0.05, 0.1) is 29.8 Å². The van der Waals surface area contributed by atoms with Gasteiger partial charge in [0.25, 0.3) is 0 Å². The summed E-state index contributed by atoms with van der Waals surface area (Å²) in [6, 6.07) is 44.9. The first-order valence-corrected chi connectivity index (χ1v) is 22.0. The van der Waals surface area contributed by atoms with Gasteiger partial charge in [0.2, 0.25) is 0 Å². The first-order valence-electron chi connectivity index (χ1n) is 21.7. The van der Waals surface area contributed by atoms with Crippen LogP contribution in [0.3, 0.4) is 0 Å². The van der Waals surface area contributed by atoms with E-state index in [2.05, 4.69) is 89.8 Å². The molecule has 0 bridgehead atoms. The molecule has 0 spiro atoms. The molecule has 7 aromatic carbocycles. The highest BCUT2D eigenvalue weighted by Crippen LogP contribution is 2.35. The van der Waals surface area contributed by atoms with Crippen molar-refractivity contribution in [3.63, 3.8) is 0 Å². The lowest BCUT2D eigenvalue weighted by Gasteiger charge is -2.13. The number of ether oxygens (including phenoxy) is 1. The van der Waals surface area contributed by atoms with E-state index in [0.29, 0.717) is 10.6 Å². The number of aryl methyl sites for hydroxylation is 2. The second-order valence-electron chi connectivity index (χ2n) is 15.4. The zero-order valence-electron chi connectivity index (χ0n) is 35.6.